The van der Waals surface area contributed by atoms with Gasteiger partial charge in [-0.2, -0.15) is 0 Å². The fourth-order valence-corrected chi connectivity index (χ4v) is 4.01. The first-order valence-corrected chi connectivity index (χ1v) is 11.1. The van der Waals surface area contributed by atoms with Gasteiger partial charge in [0.25, 0.3) is 0 Å². The highest BCUT2D eigenvalue weighted by Gasteiger charge is 2.20. The van der Waals surface area contributed by atoms with E-state index in [9.17, 15) is 15.3 Å². The van der Waals surface area contributed by atoms with Gasteiger partial charge in [-0.25, -0.2) is 0 Å². The molecule has 5 heteroatoms. The third-order valence-electron chi connectivity index (χ3n) is 6.23. The topological polar surface area (TPSA) is 73.2 Å². The van der Waals surface area contributed by atoms with Crippen LogP contribution >= 0.6 is 0 Å². The third-order valence-corrected chi connectivity index (χ3v) is 6.23. The first-order valence-electron chi connectivity index (χ1n) is 11.1. The Morgan fingerprint density at radius 3 is 1.62 bits per heavy atom. The predicted molar refractivity (Wildman–Crippen MR) is 136 cm³/mol. The monoisotopic (exact) mass is 455 g/mol. The minimum atomic E-state index is 0.146. The van der Waals surface area contributed by atoms with E-state index in [4.69, 9.17) is 4.74 Å². The molecule has 0 spiro atoms. The lowest BCUT2D eigenvalue weighted by Gasteiger charge is -2.30. The number of aryl methyl sites for hydroxylation is 3. The lowest BCUT2D eigenvalue weighted by atomic mass is 10.0. The fourth-order valence-electron chi connectivity index (χ4n) is 4.01. The normalized spacial score (nSPS) is 10.9. The lowest BCUT2D eigenvalue weighted by molar-refractivity contribution is 0.453. The van der Waals surface area contributed by atoms with Crippen LogP contribution in [-0.2, 0) is 0 Å². The first kappa shape index (κ1) is 23.1. The van der Waals surface area contributed by atoms with Crippen LogP contribution < -0.4 is 9.64 Å². The van der Waals surface area contributed by atoms with Crippen LogP contribution in [0.2, 0.25) is 0 Å². The molecule has 4 aromatic carbocycles. The van der Waals surface area contributed by atoms with E-state index in [1.165, 1.54) is 0 Å². The smallest absolute Gasteiger partial charge is 0.134 e. The Kier molecular flexibility index (Phi) is 6.12. The van der Waals surface area contributed by atoms with Crippen molar-refractivity contribution in [3.63, 3.8) is 0 Å². The minimum Gasteiger partial charge on any atom is -0.508 e. The van der Waals surface area contributed by atoms with Crippen molar-refractivity contribution in [3.05, 3.63) is 94.5 Å². The zero-order valence-electron chi connectivity index (χ0n) is 20.0. The molecule has 0 amide bonds. The molecule has 5 nitrogen and oxygen atoms in total. The van der Waals surface area contributed by atoms with Gasteiger partial charge in [0.15, 0.2) is 0 Å². The molecule has 0 aromatic heterocycles. The van der Waals surface area contributed by atoms with E-state index >= 15 is 0 Å². The maximum absolute atomic E-state index is 10.4. The Hall–Kier alpha value is -4.12. The number of rotatable bonds is 5. The number of aromatic hydroxyl groups is 3. The summed E-state index contributed by atoms with van der Waals surface area (Å²) in [7, 11) is 0. The van der Waals surface area contributed by atoms with Gasteiger partial charge in [0, 0.05) is 23.9 Å². The Morgan fingerprint density at radius 2 is 1.09 bits per heavy atom. The Balaban J connectivity index is 1.83. The SMILES string of the molecule is Cc1ccc(O)cc1Oc1ccc(N(c2cc(O)cc(C)c2C)c2cc(O)cc(C)c2C)cc1. The Morgan fingerprint density at radius 1 is 0.559 bits per heavy atom. The summed E-state index contributed by atoms with van der Waals surface area (Å²) in [6.07, 6.45) is 0. The molecular formula is C29H29NO4. The molecule has 0 aliphatic rings. The molecule has 0 aliphatic heterocycles. The van der Waals surface area contributed by atoms with Crippen molar-refractivity contribution >= 4 is 17.1 Å². The molecule has 0 bridgehead atoms. The van der Waals surface area contributed by atoms with E-state index in [2.05, 4.69) is 0 Å². The van der Waals surface area contributed by atoms with E-state index in [0.717, 1.165) is 44.9 Å². The quantitative estimate of drug-likeness (QED) is 0.289. The second-order valence-electron chi connectivity index (χ2n) is 8.69. The number of anilines is 3. The zero-order chi connectivity index (χ0) is 24.6. The van der Waals surface area contributed by atoms with E-state index < -0.39 is 0 Å². The summed E-state index contributed by atoms with van der Waals surface area (Å²) in [5, 5.41) is 30.6. The van der Waals surface area contributed by atoms with Gasteiger partial charge in [0.05, 0.1) is 11.4 Å². The molecule has 0 saturated heterocycles. The summed E-state index contributed by atoms with van der Waals surface area (Å²) < 4.78 is 6.00. The van der Waals surface area contributed by atoms with Crippen LogP contribution in [-0.4, -0.2) is 15.3 Å². The van der Waals surface area contributed by atoms with Crippen molar-refractivity contribution in [2.75, 3.05) is 4.90 Å². The van der Waals surface area contributed by atoms with Crippen LogP contribution in [0, 0.1) is 34.6 Å². The summed E-state index contributed by atoms with van der Waals surface area (Å²) in [5.74, 6) is 1.72. The average Bonchev–Trinajstić information content (AvgIpc) is 2.78. The number of ether oxygens (including phenoxy) is 1. The molecule has 4 aromatic rings. The summed E-state index contributed by atoms with van der Waals surface area (Å²) in [6, 6.07) is 19.6. The molecule has 4 rings (SSSR count). The standard InChI is InChI=1S/C29H29NO4/c1-17-6-9-23(31)16-29(17)34-26-10-7-22(8-11-26)30(27-14-24(32)12-18(2)20(27)4)28-15-25(33)13-19(3)21(28)5/h6-16,31-33H,1-5H3. The molecule has 0 radical (unpaired) electrons. The maximum Gasteiger partial charge on any atom is 0.134 e. The van der Waals surface area contributed by atoms with Crippen molar-refractivity contribution in [2.45, 2.75) is 34.6 Å². The molecule has 0 fully saturated rings. The van der Waals surface area contributed by atoms with E-state index in [1.54, 1.807) is 42.5 Å². The van der Waals surface area contributed by atoms with Gasteiger partial charge in [0.1, 0.15) is 28.7 Å². The lowest BCUT2D eigenvalue weighted by Crippen LogP contribution is -2.13. The molecule has 0 heterocycles. The van der Waals surface area contributed by atoms with E-state index in [-0.39, 0.29) is 17.2 Å². The van der Waals surface area contributed by atoms with Gasteiger partial charge >= 0.3 is 0 Å². The van der Waals surface area contributed by atoms with E-state index in [1.807, 2.05) is 63.8 Å². The number of benzene rings is 4. The molecule has 0 unspecified atom stereocenters. The van der Waals surface area contributed by atoms with Gasteiger partial charge in [-0.15, -0.1) is 0 Å². The molecule has 174 valence electrons. The van der Waals surface area contributed by atoms with Crippen LogP contribution in [0.15, 0.2) is 66.7 Å². The Bertz CT molecular complexity index is 1300. The third kappa shape index (κ3) is 4.50. The number of hydrogen-bond acceptors (Lipinski definition) is 5. The van der Waals surface area contributed by atoms with Crippen LogP contribution in [0.25, 0.3) is 0 Å². The van der Waals surface area contributed by atoms with Gasteiger partial charge < -0.3 is 25.0 Å². The first-order chi connectivity index (χ1) is 16.1. The Labute approximate surface area is 200 Å². The van der Waals surface area contributed by atoms with Crippen molar-refractivity contribution in [1.29, 1.82) is 0 Å². The largest absolute Gasteiger partial charge is 0.508 e. The van der Waals surface area contributed by atoms with Crippen LogP contribution in [0.3, 0.4) is 0 Å². The minimum absolute atomic E-state index is 0.146. The fraction of sp³-hybridized carbons (Fsp3) is 0.172. The van der Waals surface area contributed by atoms with Crippen molar-refractivity contribution in [3.8, 4) is 28.7 Å². The summed E-state index contributed by atoms with van der Waals surface area (Å²) in [5.41, 5.74) is 7.39. The average molecular weight is 456 g/mol. The van der Waals surface area contributed by atoms with Crippen LogP contribution in [0.4, 0.5) is 17.1 Å². The molecule has 0 aliphatic carbocycles. The van der Waals surface area contributed by atoms with Crippen molar-refractivity contribution in [1.82, 2.24) is 0 Å². The number of nitrogens with zero attached hydrogens (tertiary/aromatic N) is 1. The van der Waals surface area contributed by atoms with Gasteiger partial charge in [-0.1, -0.05) is 6.07 Å². The van der Waals surface area contributed by atoms with Crippen molar-refractivity contribution in [2.24, 2.45) is 0 Å². The highest BCUT2D eigenvalue weighted by molar-refractivity contribution is 5.82. The molecule has 34 heavy (non-hydrogen) atoms. The highest BCUT2D eigenvalue weighted by Crippen LogP contribution is 2.43. The predicted octanol–water partition coefficient (Wildman–Crippen LogP) is 7.61. The molecule has 0 saturated carbocycles. The number of phenolic OH excluding ortho intramolecular Hbond substituents is 3. The van der Waals surface area contributed by atoms with Crippen LogP contribution in [0.1, 0.15) is 27.8 Å². The summed E-state index contributed by atoms with van der Waals surface area (Å²) in [6.45, 7) is 9.89. The van der Waals surface area contributed by atoms with Gasteiger partial charge in [-0.3, -0.25) is 0 Å². The molecular weight excluding hydrogens is 426 g/mol. The van der Waals surface area contributed by atoms with Crippen LogP contribution in [0.5, 0.6) is 28.7 Å². The number of phenols is 3. The summed E-state index contributed by atoms with van der Waals surface area (Å²) >= 11 is 0. The maximum atomic E-state index is 10.4. The molecule has 3 N–H and O–H groups in total. The van der Waals surface area contributed by atoms with Gasteiger partial charge in [-0.05, 0) is 105 Å². The number of hydrogen-bond donors (Lipinski definition) is 3. The van der Waals surface area contributed by atoms with E-state index in [0.29, 0.717) is 11.5 Å². The second kappa shape index (κ2) is 9.02. The highest BCUT2D eigenvalue weighted by atomic mass is 16.5. The zero-order valence-corrected chi connectivity index (χ0v) is 20.0. The summed E-state index contributed by atoms with van der Waals surface area (Å²) in [4.78, 5) is 2.04. The second-order valence-corrected chi connectivity index (χ2v) is 8.69. The molecule has 0 atom stereocenters. The van der Waals surface area contributed by atoms with Gasteiger partial charge in [0.2, 0.25) is 0 Å². The van der Waals surface area contributed by atoms with Crippen molar-refractivity contribution < 1.29 is 20.1 Å².